The van der Waals surface area contributed by atoms with Gasteiger partial charge in [0.2, 0.25) is 0 Å². The van der Waals surface area contributed by atoms with Crippen molar-refractivity contribution in [3.8, 4) is 0 Å². The fourth-order valence-electron chi connectivity index (χ4n) is 3.29. The second kappa shape index (κ2) is 7.41. The van der Waals surface area contributed by atoms with E-state index in [-0.39, 0.29) is 5.97 Å². The Kier molecular flexibility index (Phi) is 6.46. The molecule has 0 radical (unpaired) electrons. The smallest absolute Gasteiger partial charge is 0.326 e. The van der Waals surface area contributed by atoms with Gasteiger partial charge in [0.25, 0.3) is 0 Å². The van der Waals surface area contributed by atoms with Gasteiger partial charge in [0.1, 0.15) is 5.54 Å². The first-order valence-corrected chi connectivity index (χ1v) is 7.98. The average Bonchev–Trinajstić information content (AvgIpc) is 2.81. The Morgan fingerprint density at radius 2 is 2.05 bits per heavy atom. The van der Waals surface area contributed by atoms with E-state index in [1.807, 2.05) is 14.0 Å². The molecule has 1 aliphatic carbocycles. The van der Waals surface area contributed by atoms with Crippen LogP contribution in [-0.2, 0) is 9.53 Å². The highest BCUT2D eigenvalue weighted by atomic mass is 16.5. The summed E-state index contributed by atoms with van der Waals surface area (Å²) in [5.41, 5.74) is -0.481. The Labute approximate surface area is 124 Å². The van der Waals surface area contributed by atoms with E-state index in [0.717, 1.165) is 25.8 Å². The Bertz CT molecular complexity index is 318. The number of rotatable bonds is 7. The molecule has 0 aliphatic heterocycles. The van der Waals surface area contributed by atoms with Crippen LogP contribution >= 0.6 is 0 Å². The minimum Gasteiger partial charge on any atom is -0.465 e. The van der Waals surface area contributed by atoms with Crippen molar-refractivity contribution in [3.05, 3.63) is 0 Å². The zero-order valence-corrected chi connectivity index (χ0v) is 14.0. The largest absolute Gasteiger partial charge is 0.465 e. The van der Waals surface area contributed by atoms with Gasteiger partial charge in [-0.2, -0.15) is 0 Å². The molecular weight excluding hydrogens is 252 g/mol. The van der Waals surface area contributed by atoms with Crippen LogP contribution in [0.1, 0.15) is 53.9 Å². The first-order chi connectivity index (χ1) is 9.36. The standard InChI is InChI=1S/C16H32N2O2/c1-7-20-15(19)16(17-6)9-8-14(10-16)18(13(4)5)11-12(2)3/h12-14,17H,7-11H2,1-6H3. The molecule has 1 saturated carbocycles. The topological polar surface area (TPSA) is 41.6 Å². The molecule has 0 heterocycles. The fourth-order valence-corrected chi connectivity index (χ4v) is 3.29. The van der Waals surface area contributed by atoms with E-state index in [2.05, 4.69) is 37.9 Å². The average molecular weight is 284 g/mol. The number of carbonyl (C=O) groups excluding carboxylic acids is 1. The van der Waals surface area contributed by atoms with Gasteiger partial charge in [-0.05, 0) is 53.0 Å². The number of hydrogen-bond acceptors (Lipinski definition) is 4. The predicted octanol–water partition coefficient (Wildman–Crippen LogP) is 2.43. The molecule has 0 amide bonds. The third-order valence-electron chi connectivity index (χ3n) is 4.34. The number of hydrogen-bond donors (Lipinski definition) is 1. The lowest BCUT2D eigenvalue weighted by Crippen LogP contribution is -2.51. The zero-order valence-electron chi connectivity index (χ0n) is 14.0. The summed E-state index contributed by atoms with van der Waals surface area (Å²) in [4.78, 5) is 14.8. The molecule has 118 valence electrons. The number of carbonyl (C=O) groups is 1. The fraction of sp³-hybridized carbons (Fsp3) is 0.938. The maximum atomic E-state index is 12.3. The van der Waals surface area contributed by atoms with Crippen molar-refractivity contribution in [1.82, 2.24) is 10.2 Å². The zero-order chi connectivity index (χ0) is 15.3. The van der Waals surface area contributed by atoms with Crippen molar-refractivity contribution < 1.29 is 9.53 Å². The van der Waals surface area contributed by atoms with Gasteiger partial charge in [-0.1, -0.05) is 13.8 Å². The molecule has 0 spiro atoms. The Morgan fingerprint density at radius 3 is 2.50 bits per heavy atom. The molecule has 1 fully saturated rings. The molecule has 0 bridgehead atoms. The van der Waals surface area contributed by atoms with Crippen molar-refractivity contribution >= 4 is 5.97 Å². The molecule has 2 atom stereocenters. The Hall–Kier alpha value is -0.610. The van der Waals surface area contributed by atoms with Gasteiger partial charge < -0.3 is 10.1 Å². The van der Waals surface area contributed by atoms with Gasteiger partial charge in [0, 0.05) is 18.6 Å². The highest BCUT2D eigenvalue weighted by Crippen LogP contribution is 2.35. The summed E-state index contributed by atoms with van der Waals surface area (Å²) < 4.78 is 5.27. The summed E-state index contributed by atoms with van der Waals surface area (Å²) >= 11 is 0. The van der Waals surface area contributed by atoms with E-state index in [0.29, 0.717) is 24.6 Å². The van der Waals surface area contributed by atoms with Crippen LogP contribution in [0.15, 0.2) is 0 Å². The summed E-state index contributed by atoms with van der Waals surface area (Å²) in [5, 5.41) is 3.24. The molecule has 4 heteroatoms. The maximum Gasteiger partial charge on any atom is 0.326 e. The van der Waals surface area contributed by atoms with Crippen LogP contribution in [0.25, 0.3) is 0 Å². The van der Waals surface area contributed by atoms with Crippen molar-refractivity contribution in [2.24, 2.45) is 5.92 Å². The summed E-state index contributed by atoms with van der Waals surface area (Å²) in [7, 11) is 1.88. The van der Waals surface area contributed by atoms with Crippen LogP contribution in [0.4, 0.5) is 0 Å². The lowest BCUT2D eigenvalue weighted by Gasteiger charge is -2.35. The van der Waals surface area contributed by atoms with Crippen molar-refractivity contribution in [2.75, 3.05) is 20.2 Å². The Balaban J connectivity index is 2.78. The van der Waals surface area contributed by atoms with Gasteiger partial charge in [-0.25, -0.2) is 0 Å². The molecular formula is C16H32N2O2. The first kappa shape index (κ1) is 17.4. The molecule has 1 N–H and O–H groups in total. The normalized spacial score (nSPS) is 26.8. The third kappa shape index (κ3) is 3.95. The van der Waals surface area contributed by atoms with Crippen LogP contribution < -0.4 is 5.32 Å². The number of likely N-dealkylation sites (N-methyl/N-ethyl adjacent to an activating group) is 1. The summed E-state index contributed by atoms with van der Waals surface area (Å²) in [6, 6.07) is 0.978. The second-order valence-corrected chi connectivity index (χ2v) is 6.63. The molecule has 20 heavy (non-hydrogen) atoms. The van der Waals surface area contributed by atoms with Crippen LogP contribution in [0, 0.1) is 5.92 Å². The molecule has 0 aromatic heterocycles. The number of nitrogens with zero attached hydrogens (tertiary/aromatic N) is 1. The van der Waals surface area contributed by atoms with E-state index in [4.69, 9.17) is 4.74 Å². The predicted molar refractivity (Wildman–Crippen MR) is 82.7 cm³/mol. The number of esters is 1. The van der Waals surface area contributed by atoms with E-state index in [9.17, 15) is 4.79 Å². The van der Waals surface area contributed by atoms with Crippen LogP contribution in [0.2, 0.25) is 0 Å². The van der Waals surface area contributed by atoms with Crippen molar-refractivity contribution in [3.63, 3.8) is 0 Å². The van der Waals surface area contributed by atoms with Crippen LogP contribution in [0.5, 0.6) is 0 Å². The summed E-state index contributed by atoms with van der Waals surface area (Å²) in [6.45, 7) is 12.4. The highest BCUT2D eigenvalue weighted by molar-refractivity contribution is 5.81. The lowest BCUT2D eigenvalue weighted by molar-refractivity contribution is -0.151. The summed E-state index contributed by atoms with van der Waals surface area (Å²) in [6.07, 6.45) is 2.78. The van der Waals surface area contributed by atoms with E-state index >= 15 is 0 Å². The Morgan fingerprint density at radius 1 is 1.40 bits per heavy atom. The van der Waals surface area contributed by atoms with Gasteiger partial charge in [-0.3, -0.25) is 9.69 Å². The lowest BCUT2D eigenvalue weighted by atomic mass is 9.97. The molecule has 0 aromatic rings. The van der Waals surface area contributed by atoms with Crippen LogP contribution in [0.3, 0.4) is 0 Å². The molecule has 4 nitrogen and oxygen atoms in total. The van der Waals surface area contributed by atoms with Gasteiger partial charge in [0.05, 0.1) is 6.61 Å². The van der Waals surface area contributed by atoms with E-state index in [1.165, 1.54) is 0 Å². The molecule has 1 rings (SSSR count). The van der Waals surface area contributed by atoms with Gasteiger partial charge >= 0.3 is 5.97 Å². The highest BCUT2D eigenvalue weighted by Gasteiger charge is 2.47. The monoisotopic (exact) mass is 284 g/mol. The molecule has 0 saturated heterocycles. The quantitative estimate of drug-likeness (QED) is 0.729. The minimum absolute atomic E-state index is 0.0850. The molecule has 2 unspecified atom stereocenters. The molecule has 1 aliphatic rings. The number of nitrogens with one attached hydrogen (secondary N) is 1. The SMILES string of the molecule is CCOC(=O)C1(NC)CCC(N(CC(C)C)C(C)C)C1. The summed E-state index contributed by atoms with van der Waals surface area (Å²) in [5.74, 6) is 0.558. The van der Waals surface area contributed by atoms with Crippen molar-refractivity contribution in [1.29, 1.82) is 0 Å². The van der Waals surface area contributed by atoms with Gasteiger partial charge in [-0.15, -0.1) is 0 Å². The van der Waals surface area contributed by atoms with E-state index < -0.39 is 5.54 Å². The molecule has 0 aromatic carbocycles. The number of ether oxygens (including phenoxy) is 1. The third-order valence-corrected chi connectivity index (χ3v) is 4.34. The maximum absolute atomic E-state index is 12.3. The van der Waals surface area contributed by atoms with Crippen LogP contribution in [-0.4, -0.2) is 48.7 Å². The first-order valence-electron chi connectivity index (χ1n) is 7.98. The van der Waals surface area contributed by atoms with Crippen molar-refractivity contribution in [2.45, 2.75) is 71.5 Å². The van der Waals surface area contributed by atoms with Gasteiger partial charge in [0.15, 0.2) is 0 Å². The van der Waals surface area contributed by atoms with E-state index in [1.54, 1.807) is 0 Å². The minimum atomic E-state index is -0.481. The second-order valence-electron chi connectivity index (χ2n) is 6.63.